The number of hydrogen-bond acceptors (Lipinski definition) is 2. The Morgan fingerprint density at radius 1 is 1.31 bits per heavy atom. The first-order valence-corrected chi connectivity index (χ1v) is 6.49. The summed E-state index contributed by atoms with van der Waals surface area (Å²) >= 11 is 0. The van der Waals surface area contributed by atoms with E-state index in [4.69, 9.17) is 0 Å². The molecule has 2 aliphatic carbocycles. The molecule has 1 aromatic rings. The van der Waals surface area contributed by atoms with Gasteiger partial charge >= 0.3 is 0 Å². The summed E-state index contributed by atoms with van der Waals surface area (Å²) in [4.78, 5) is 4.62. The van der Waals surface area contributed by atoms with Gasteiger partial charge in [0.15, 0.2) is 0 Å². The van der Waals surface area contributed by atoms with Crippen molar-refractivity contribution < 1.29 is 0 Å². The molecule has 3 atom stereocenters. The van der Waals surface area contributed by atoms with Gasteiger partial charge in [-0.2, -0.15) is 0 Å². The largest absolute Gasteiger partial charge is 0.317 e. The van der Waals surface area contributed by atoms with Crippen molar-refractivity contribution in [1.29, 1.82) is 0 Å². The van der Waals surface area contributed by atoms with Crippen LogP contribution in [0.25, 0.3) is 0 Å². The quantitative estimate of drug-likeness (QED) is 0.821. The van der Waals surface area contributed by atoms with Crippen LogP contribution >= 0.6 is 0 Å². The predicted molar refractivity (Wildman–Crippen MR) is 65.5 cm³/mol. The zero-order chi connectivity index (χ0) is 11.0. The molecule has 1 fully saturated rings. The third kappa shape index (κ3) is 1.65. The van der Waals surface area contributed by atoms with Gasteiger partial charge in [0, 0.05) is 23.9 Å². The summed E-state index contributed by atoms with van der Waals surface area (Å²) in [5.74, 6) is 1.61. The molecule has 1 aromatic heterocycles. The SMILES string of the molecule is CNC1CCC(C2CCc3cccnc32)C1. The summed E-state index contributed by atoms with van der Waals surface area (Å²) in [6.45, 7) is 0. The van der Waals surface area contributed by atoms with Gasteiger partial charge in [-0.3, -0.25) is 4.98 Å². The summed E-state index contributed by atoms with van der Waals surface area (Å²) in [7, 11) is 2.09. The Morgan fingerprint density at radius 3 is 3.06 bits per heavy atom. The molecule has 1 N–H and O–H groups in total. The molecule has 0 radical (unpaired) electrons. The summed E-state index contributed by atoms with van der Waals surface area (Å²) in [5.41, 5.74) is 2.91. The molecule has 0 amide bonds. The number of nitrogens with zero attached hydrogens (tertiary/aromatic N) is 1. The van der Waals surface area contributed by atoms with Crippen molar-refractivity contribution in [3.63, 3.8) is 0 Å². The second-order valence-corrected chi connectivity index (χ2v) is 5.25. The summed E-state index contributed by atoms with van der Waals surface area (Å²) < 4.78 is 0. The molecule has 0 aliphatic heterocycles. The van der Waals surface area contributed by atoms with E-state index >= 15 is 0 Å². The van der Waals surface area contributed by atoms with Crippen LogP contribution in [0.3, 0.4) is 0 Å². The van der Waals surface area contributed by atoms with Crippen molar-refractivity contribution in [1.82, 2.24) is 10.3 Å². The molecular weight excluding hydrogens is 196 g/mol. The van der Waals surface area contributed by atoms with E-state index in [1.54, 1.807) is 0 Å². The molecule has 3 unspecified atom stereocenters. The Morgan fingerprint density at radius 2 is 2.25 bits per heavy atom. The molecule has 0 aromatic carbocycles. The number of aromatic nitrogens is 1. The van der Waals surface area contributed by atoms with E-state index in [2.05, 4.69) is 29.5 Å². The Bertz CT molecular complexity index is 375. The zero-order valence-corrected chi connectivity index (χ0v) is 9.95. The maximum atomic E-state index is 4.62. The lowest BCUT2D eigenvalue weighted by Crippen LogP contribution is -2.22. The number of aryl methyl sites for hydroxylation is 1. The fourth-order valence-electron chi connectivity index (χ4n) is 3.55. The lowest BCUT2D eigenvalue weighted by molar-refractivity contribution is 0.413. The maximum Gasteiger partial charge on any atom is 0.0469 e. The average Bonchev–Trinajstić information content (AvgIpc) is 2.94. The zero-order valence-electron chi connectivity index (χ0n) is 9.95. The first kappa shape index (κ1) is 10.3. The summed E-state index contributed by atoms with van der Waals surface area (Å²) in [5, 5.41) is 3.42. The molecule has 16 heavy (non-hydrogen) atoms. The van der Waals surface area contributed by atoms with Gasteiger partial charge in [0.05, 0.1) is 0 Å². The van der Waals surface area contributed by atoms with Crippen LogP contribution in [0.5, 0.6) is 0 Å². The smallest absolute Gasteiger partial charge is 0.0469 e. The lowest BCUT2D eigenvalue weighted by atomic mass is 9.88. The predicted octanol–water partition coefficient (Wildman–Crippen LogP) is 2.50. The van der Waals surface area contributed by atoms with Gasteiger partial charge in [-0.15, -0.1) is 0 Å². The molecule has 1 saturated carbocycles. The highest BCUT2D eigenvalue weighted by molar-refractivity contribution is 5.29. The molecule has 1 heterocycles. The molecule has 0 bridgehead atoms. The van der Waals surface area contributed by atoms with Crippen molar-refractivity contribution in [2.45, 2.75) is 44.1 Å². The first-order chi connectivity index (χ1) is 7.88. The van der Waals surface area contributed by atoms with E-state index < -0.39 is 0 Å². The van der Waals surface area contributed by atoms with Gasteiger partial charge < -0.3 is 5.32 Å². The van der Waals surface area contributed by atoms with Crippen molar-refractivity contribution >= 4 is 0 Å². The van der Waals surface area contributed by atoms with E-state index in [-0.39, 0.29) is 0 Å². The monoisotopic (exact) mass is 216 g/mol. The van der Waals surface area contributed by atoms with Gasteiger partial charge in [0.1, 0.15) is 0 Å². The van der Waals surface area contributed by atoms with Gasteiger partial charge in [-0.25, -0.2) is 0 Å². The molecule has 0 saturated heterocycles. The molecule has 2 nitrogen and oxygen atoms in total. The van der Waals surface area contributed by atoms with Crippen molar-refractivity contribution in [3.05, 3.63) is 29.6 Å². The topological polar surface area (TPSA) is 24.9 Å². The minimum atomic E-state index is 0.745. The highest BCUT2D eigenvalue weighted by Crippen LogP contribution is 2.43. The van der Waals surface area contributed by atoms with Crippen LogP contribution in [0.2, 0.25) is 0 Å². The first-order valence-electron chi connectivity index (χ1n) is 6.49. The fourth-order valence-corrected chi connectivity index (χ4v) is 3.55. The molecule has 86 valence electrons. The third-order valence-electron chi connectivity index (χ3n) is 4.45. The van der Waals surface area contributed by atoms with Crippen LogP contribution in [0.4, 0.5) is 0 Å². The van der Waals surface area contributed by atoms with Crippen molar-refractivity contribution in [2.24, 2.45) is 5.92 Å². The number of nitrogens with one attached hydrogen (secondary N) is 1. The molecule has 0 spiro atoms. The molecular formula is C14H20N2. The second-order valence-electron chi connectivity index (χ2n) is 5.25. The number of rotatable bonds is 2. The minimum Gasteiger partial charge on any atom is -0.317 e. The van der Waals surface area contributed by atoms with Crippen LogP contribution in [-0.2, 0) is 6.42 Å². The van der Waals surface area contributed by atoms with E-state index in [1.165, 1.54) is 43.4 Å². The number of fused-ring (bicyclic) bond motifs is 1. The fraction of sp³-hybridized carbons (Fsp3) is 0.643. The summed E-state index contributed by atoms with van der Waals surface area (Å²) in [6, 6.07) is 5.08. The summed E-state index contributed by atoms with van der Waals surface area (Å²) in [6.07, 6.45) is 8.60. The lowest BCUT2D eigenvalue weighted by Gasteiger charge is -2.18. The maximum absolute atomic E-state index is 4.62. The molecule has 3 rings (SSSR count). The Labute approximate surface area is 97.5 Å². The number of pyridine rings is 1. The number of hydrogen-bond donors (Lipinski definition) is 1. The van der Waals surface area contributed by atoms with Crippen LogP contribution in [0.1, 0.15) is 42.9 Å². The van der Waals surface area contributed by atoms with Crippen LogP contribution in [0.15, 0.2) is 18.3 Å². The van der Waals surface area contributed by atoms with Crippen LogP contribution in [-0.4, -0.2) is 18.1 Å². The second kappa shape index (κ2) is 4.17. The average molecular weight is 216 g/mol. The van der Waals surface area contributed by atoms with E-state index in [0.717, 1.165) is 17.9 Å². The highest BCUT2D eigenvalue weighted by Gasteiger charge is 2.35. The molecule has 2 aliphatic rings. The van der Waals surface area contributed by atoms with Crippen LogP contribution < -0.4 is 5.32 Å². The Hall–Kier alpha value is -0.890. The highest BCUT2D eigenvalue weighted by atomic mass is 14.9. The van der Waals surface area contributed by atoms with E-state index in [9.17, 15) is 0 Å². The van der Waals surface area contributed by atoms with Gasteiger partial charge in [0.25, 0.3) is 0 Å². The van der Waals surface area contributed by atoms with Gasteiger partial charge in [0.2, 0.25) is 0 Å². The Balaban J connectivity index is 1.78. The Kier molecular flexibility index (Phi) is 2.68. The van der Waals surface area contributed by atoms with E-state index in [1.807, 2.05) is 6.20 Å². The van der Waals surface area contributed by atoms with Crippen LogP contribution in [0, 0.1) is 5.92 Å². The third-order valence-corrected chi connectivity index (χ3v) is 4.45. The van der Waals surface area contributed by atoms with Gasteiger partial charge in [-0.1, -0.05) is 6.07 Å². The normalized spacial score (nSPS) is 32.9. The van der Waals surface area contributed by atoms with Crippen molar-refractivity contribution in [2.75, 3.05) is 7.05 Å². The van der Waals surface area contributed by atoms with Gasteiger partial charge in [-0.05, 0) is 56.7 Å². The van der Waals surface area contributed by atoms with E-state index in [0.29, 0.717) is 0 Å². The van der Waals surface area contributed by atoms with Crippen molar-refractivity contribution in [3.8, 4) is 0 Å². The minimum absolute atomic E-state index is 0.745. The standard InChI is InChI=1S/C14H20N2/c1-15-12-6-4-11(9-12)13-7-5-10-3-2-8-16-14(10)13/h2-3,8,11-13,15H,4-7,9H2,1H3. The molecule has 2 heteroatoms.